The molecule has 1 atom stereocenters. The molecule has 1 aliphatic rings. The Morgan fingerprint density at radius 1 is 1.12 bits per heavy atom. The third-order valence-corrected chi connectivity index (χ3v) is 6.46. The Kier molecular flexibility index (Phi) is 5.26. The fourth-order valence-corrected chi connectivity index (χ4v) is 4.70. The zero-order chi connectivity index (χ0) is 23.1. The molecule has 1 fully saturated rings. The number of benzene rings is 2. The number of imidazole rings is 1. The van der Waals surface area contributed by atoms with Crippen LogP contribution in [0.2, 0.25) is 0 Å². The number of carboxylic acids is 1. The zero-order valence-electron chi connectivity index (χ0n) is 18.3. The summed E-state index contributed by atoms with van der Waals surface area (Å²) in [5.41, 5.74) is 10.1. The number of aromatic nitrogens is 3. The number of nitrogens with zero attached hydrogens (tertiary/aromatic N) is 3. The van der Waals surface area contributed by atoms with E-state index in [1.807, 2.05) is 54.3 Å². The molecule has 2 aromatic heterocycles. The van der Waals surface area contributed by atoms with Gasteiger partial charge in [0, 0.05) is 37.3 Å². The molecule has 0 saturated carbocycles. The standard InChI is InChI=1S/C24H26N6O3/c1-2-19(24(32)33)30-11-9-29(10-12-30)14-7-8-17-18(13-14)27-22(26-17)20-21(25)15-5-3-4-6-16(15)28-23(20)31/h3-8,13,19H,2,9-12H2,1H3,(H,26,27)(H,32,33)(H3,25,28,31). The van der Waals surface area contributed by atoms with E-state index < -0.39 is 12.0 Å². The summed E-state index contributed by atoms with van der Waals surface area (Å²) >= 11 is 0. The Bertz CT molecular complexity index is 1400. The van der Waals surface area contributed by atoms with E-state index in [-0.39, 0.29) is 5.56 Å². The van der Waals surface area contributed by atoms with Crippen molar-refractivity contribution in [2.45, 2.75) is 19.4 Å². The van der Waals surface area contributed by atoms with Crippen molar-refractivity contribution >= 4 is 39.3 Å². The Morgan fingerprint density at radius 3 is 2.61 bits per heavy atom. The Morgan fingerprint density at radius 2 is 1.88 bits per heavy atom. The minimum atomic E-state index is -0.764. The number of carboxylic acid groups (broad SMARTS) is 1. The summed E-state index contributed by atoms with van der Waals surface area (Å²) in [5.74, 6) is -0.330. The molecule has 3 heterocycles. The first kappa shape index (κ1) is 21.0. The fraction of sp³-hybridized carbons (Fsp3) is 0.292. The number of pyridine rings is 1. The number of hydrogen-bond acceptors (Lipinski definition) is 6. The summed E-state index contributed by atoms with van der Waals surface area (Å²) in [4.78, 5) is 39.2. The molecular formula is C24H26N6O3. The number of rotatable bonds is 5. The van der Waals surface area contributed by atoms with E-state index in [9.17, 15) is 14.7 Å². The maximum Gasteiger partial charge on any atom is 0.320 e. The molecule has 0 amide bonds. The van der Waals surface area contributed by atoms with E-state index in [0.29, 0.717) is 42.1 Å². The number of aliphatic carboxylic acids is 1. The van der Waals surface area contributed by atoms with Crippen LogP contribution in [-0.2, 0) is 4.79 Å². The van der Waals surface area contributed by atoms with Crippen LogP contribution in [0.25, 0.3) is 33.3 Å². The third-order valence-electron chi connectivity index (χ3n) is 6.46. The third kappa shape index (κ3) is 3.70. The molecular weight excluding hydrogens is 420 g/mol. The van der Waals surface area contributed by atoms with E-state index >= 15 is 0 Å². The van der Waals surface area contributed by atoms with Crippen molar-refractivity contribution in [3.8, 4) is 11.4 Å². The molecule has 9 heteroatoms. The highest BCUT2D eigenvalue weighted by Gasteiger charge is 2.27. The smallest absolute Gasteiger partial charge is 0.320 e. The molecule has 5 rings (SSSR count). The molecule has 9 nitrogen and oxygen atoms in total. The molecule has 1 unspecified atom stereocenters. The first-order valence-electron chi connectivity index (χ1n) is 11.1. The summed E-state index contributed by atoms with van der Waals surface area (Å²) in [7, 11) is 0. The lowest BCUT2D eigenvalue weighted by atomic mass is 10.1. The predicted molar refractivity (Wildman–Crippen MR) is 130 cm³/mol. The predicted octanol–water partition coefficient (Wildman–Crippen LogP) is 2.64. The van der Waals surface area contributed by atoms with Gasteiger partial charge in [0.05, 0.1) is 22.2 Å². The van der Waals surface area contributed by atoms with Gasteiger partial charge in [-0.15, -0.1) is 0 Å². The summed E-state index contributed by atoms with van der Waals surface area (Å²) in [5, 5.41) is 10.2. The van der Waals surface area contributed by atoms with Gasteiger partial charge in [-0.1, -0.05) is 25.1 Å². The maximum atomic E-state index is 12.8. The summed E-state index contributed by atoms with van der Waals surface area (Å²) < 4.78 is 0. The monoisotopic (exact) mass is 446 g/mol. The van der Waals surface area contributed by atoms with E-state index in [1.165, 1.54) is 0 Å². The lowest BCUT2D eigenvalue weighted by Gasteiger charge is -2.38. The number of carbonyl (C=O) groups is 1. The molecule has 0 spiro atoms. The molecule has 4 aromatic rings. The number of nitrogen functional groups attached to an aromatic ring is 1. The average Bonchev–Trinajstić information content (AvgIpc) is 3.22. The number of anilines is 2. The van der Waals surface area contributed by atoms with Crippen LogP contribution in [-0.4, -0.2) is 63.1 Å². The van der Waals surface area contributed by atoms with E-state index in [4.69, 9.17) is 5.73 Å². The van der Waals surface area contributed by atoms with Gasteiger partial charge in [-0.25, -0.2) is 4.98 Å². The van der Waals surface area contributed by atoms with Crippen LogP contribution in [0.5, 0.6) is 0 Å². The Labute approximate surface area is 189 Å². The highest BCUT2D eigenvalue weighted by atomic mass is 16.4. The van der Waals surface area contributed by atoms with Gasteiger partial charge in [0.2, 0.25) is 0 Å². The second-order valence-electron chi connectivity index (χ2n) is 8.36. The number of H-pyrrole nitrogens is 2. The molecule has 33 heavy (non-hydrogen) atoms. The average molecular weight is 447 g/mol. The number of piperazine rings is 1. The molecule has 1 saturated heterocycles. The quantitative estimate of drug-likeness (QED) is 0.371. The first-order valence-corrected chi connectivity index (χ1v) is 11.1. The van der Waals surface area contributed by atoms with Gasteiger partial charge >= 0.3 is 5.97 Å². The summed E-state index contributed by atoms with van der Waals surface area (Å²) in [6.45, 7) is 4.78. The molecule has 1 aliphatic heterocycles. The molecule has 5 N–H and O–H groups in total. The Balaban J connectivity index is 1.43. The maximum absolute atomic E-state index is 12.8. The number of nitrogens with one attached hydrogen (secondary N) is 2. The van der Waals surface area contributed by atoms with E-state index in [1.54, 1.807) is 0 Å². The lowest BCUT2D eigenvalue weighted by Crippen LogP contribution is -2.52. The topological polar surface area (TPSA) is 131 Å². The molecule has 0 radical (unpaired) electrons. The molecule has 0 aliphatic carbocycles. The highest BCUT2D eigenvalue weighted by Crippen LogP contribution is 2.29. The van der Waals surface area contributed by atoms with Crippen LogP contribution in [0.1, 0.15) is 13.3 Å². The SMILES string of the molecule is CCC(C(=O)O)N1CCN(c2ccc3nc(-c4c(N)c5ccccc5[nH]c4=O)[nH]c3c2)CC1. The van der Waals surface area contributed by atoms with E-state index in [2.05, 4.69) is 19.9 Å². The number of para-hydroxylation sites is 1. The van der Waals surface area contributed by atoms with Crippen molar-refractivity contribution < 1.29 is 9.90 Å². The van der Waals surface area contributed by atoms with Crippen LogP contribution < -0.4 is 16.2 Å². The van der Waals surface area contributed by atoms with Crippen LogP contribution >= 0.6 is 0 Å². The van der Waals surface area contributed by atoms with Gasteiger partial charge < -0.3 is 25.7 Å². The van der Waals surface area contributed by atoms with Gasteiger partial charge in [0.1, 0.15) is 17.4 Å². The highest BCUT2D eigenvalue weighted by molar-refractivity contribution is 5.97. The Hall–Kier alpha value is -3.85. The largest absolute Gasteiger partial charge is 0.480 e. The number of fused-ring (bicyclic) bond motifs is 2. The first-order chi connectivity index (χ1) is 16.0. The van der Waals surface area contributed by atoms with Crippen molar-refractivity contribution in [3.05, 3.63) is 52.8 Å². The number of nitrogens with two attached hydrogens (primary N) is 1. The zero-order valence-corrected chi connectivity index (χ0v) is 18.3. The summed E-state index contributed by atoms with van der Waals surface area (Å²) in [6, 6.07) is 12.9. The van der Waals surface area contributed by atoms with Crippen molar-refractivity contribution in [3.63, 3.8) is 0 Å². The minimum absolute atomic E-state index is 0.287. The van der Waals surface area contributed by atoms with Crippen LogP contribution in [0, 0.1) is 0 Å². The van der Waals surface area contributed by atoms with Gasteiger partial charge in [-0.2, -0.15) is 0 Å². The molecule has 0 bridgehead atoms. The molecule has 2 aromatic carbocycles. The van der Waals surface area contributed by atoms with Gasteiger partial charge in [-0.3, -0.25) is 14.5 Å². The van der Waals surface area contributed by atoms with Gasteiger partial charge in [0.25, 0.3) is 5.56 Å². The molecule has 170 valence electrons. The van der Waals surface area contributed by atoms with Crippen molar-refractivity contribution in [2.24, 2.45) is 0 Å². The van der Waals surface area contributed by atoms with Crippen LogP contribution in [0.3, 0.4) is 0 Å². The van der Waals surface area contributed by atoms with E-state index in [0.717, 1.165) is 35.2 Å². The normalized spacial score (nSPS) is 15.8. The van der Waals surface area contributed by atoms with Crippen molar-refractivity contribution in [1.82, 2.24) is 19.9 Å². The second kappa shape index (κ2) is 8.25. The van der Waals surface area contributed by atoms with Crippen molar-refractivity contribution in [2.75, 3.05) is 36.8 Å². The van der Waals surface area contributed by atoms with Gasteiger partial charge in [-0.05, 0) is 30.7 Å². The second-order valence-corrected chi connectivity index (χ2v) is 8.36. The van der Waals surface area contributed by atoms with Gasteiger partial charge in [0.15, 0.2) is 0 Å². The summed E-state index contributed by atoms with van der Waals surface area (Å²) in [6.07, 6.45) is 0.593. The lowest BCUT2D eigenvalue weighted by molar-refractivity contribution is -0.143. The fourth-order valence-electron chi connectivity index (χ4n) is 4.70. The van der Waals surface area contributed by atoms with Crippen LogP contribution in [0.15, 0.2) is 47.3 Å². The number of aromatic amines is 2. The van der Waals surface area contributed by atoms with Crippen LogP contribution in [0.4, 0.5) is 11.4 Å². The minimum Gasteiger partial charge on any atom is -0.480 e. The number of hydrogen-bond donors (Lipinski definition) is 4. The van der Waals surface area contributed by atoms with Crippen molar-refractivity contribution in [1.29, 1.82) is 0 Å².